The number of halogens is 3. The van der Waals surface area contributed by atoms with E-state index in [1.807, 2.05) is 6.07 Å². The number of hydrogen-bond donors (Lipinski definition) is 1. The summed E-state index contributed by atoms with van der Waals surface area (Å²) >= 11 is 0. The van der Waals surface area contributed by atoms with E-state index in [-0.39, 0.29) is 17.9 Å². The maximum Gasteiger partial charge on any atom is 0.490 e. The van der Waals surface area contributed by atoms with Crippen LogP contribution < -0.4 is 9.64 Å². The van der Waals surface area contributed by atoms with Gasteiger partial charge in [0.1, 0.15) is 12.1 Å². The molecule has 1 aromatic rings. The third kappa shape index (κ3) is 5.97. The third-order valence-corrected chi connectivity index (χ3v) is 5.56. The Bertz CT molecular complexity index is 806. The number of carbonyl (C=O) groups is 2. The standard InChI is InChI=1S/C17H24N4O4.C2HF3O2/c1-23-16-7-15(18-11-19-16)20-8-13-12(10-24-14(13)9-20)6-17(22)21-4-2-3-5-25-21;3-2(4,5)1(6)7/h7,11-14H,2-6,8-10H2,1H3;(H,6,7)/t12-,13+,14+;/m0./s1. The summed E-state index contributed by atoms with van der Waals surface area (Å²) in [5.74, 6) is -0.707. The molecule has 1 N–H and O–H groups in total. The number of alkyl halides is 3. The monoisotopic (exact) mass is 462 g/mol. The Balaban J connectivity index is 0.000000360. The zero-order chi connectivity index (χ0) is 23.3. The predicted molar refractivity (Wildman–Crippen MR) is 103 cm³/mol. The van der Waals surface area contributed by atoms with Gasteiger partial charge in [0.2, 0.25) is 11.8 Å². The van der Waals surface area contributed by atoms with Crippen LogP contribution in [0.15, 0.2) is 12.4 Å². The molecule has 10 nitrogen and oxygen atoms in total. The highest BCUT2D eigenvalue weighted by Gasteiger charge is 2.45. The zero-order valence-corrected chi connectivity index (χ0v) is 17.5. The van der Waals surface area contributed by atoms with Crippen LogP contribution in [0.25, 0.3) is 0 Å². The fourth-order valence-electron chi connectivity index (χ4n) is 3.93. The van der Waals surface area contributed by atoms with Crippen LogP contribution in [0.3, 0.4) is 0 Å². The van der Waals surface area contributed by atoms with E-state index in [0.29, 0.717) is 38.0 Å². The lowest BCUT2D eigenvalue weighted by atomic mass is 9.90. The van der Waals surface area contributed by atoms with Crippen molar-refractivity contribution in [1.82, 2.24) is 15.0 Å². The molecule has 3 atom stereocenters. The molecule has 0 unspecified atom stereocenters. The number of hydroxylamine groups is 2. The number of amides is 1. The molecule has 0 aromatic carbocycles. The summed E-state index contributed by atoms with van der Waals surface area (Å²) < 4.78 is 42.9. The van der Waals surface area contributed by atoms with E-state index >= 15 is 0 Å². The molecule has 4 rings (SSSR count). The van der Waals surface area contributed by atoms with Gasteiger partial charge in [-0.2, -0.15) is 13.2 Å². The fourth-order valence-corrected chi connectivity index (χ4v) is 3.93. The average Bonchev–Trinajstić information content (AvgIpc) is 3.36. The molecular weight excluding hydrogens is 437 g/mol. The normalized spacial score (nSPS) is 25.1. The van der Waals surface area contributed by atoms with Gasteiger partial charge < -0.3 is 19.5 Å². The van der Waals surface area contributed by atoms with E-state index in [9.17, 15) is 18.0 Å². The van der Waals surface area contributed by atoms with Gasteiger partial charge in [0, 0.05) is 38.0 Å². The second-order valence-corrected chi connectivity index (χ2v) is 7.66. The van der Waals surface area contributed by atoms with Crippen LogP contribution >= 0.6 is 0 Å². The summed E-state index contributed by atoms with van der Waals surface area (Å²) in [6.07, 6.45) is -0.887. The van der Waals surface area contributed by atoms with Gasteiger partial charge in [0.25, 0.3) is 0 Å². The Kier molecular flexibility index (Phi) is 7.72. The predicted octanol–water partition coefficient (Wildman–Crippen LogP) is 1.51. The molecule has 0 spiro atoms. The fraction of sp³-hybridized carbons (Fsp3) is 0.684. The molecule has 1 amide bonds. The highest BCUT2D eigenvalue weighted by Crippen LogP contribution is 2.37. The SMILES string of the molecule is COc1cc(N2C[C@@H]3[C@@H](CC(=O)N4CCCCO4)CO[C@@H]3C2)ncn1.O=C(O)C(F)(F)F. The summed E-state index contributed by atoms with van der Waals surface area (Å²) in [6.45, 7) is 3.62. The lowest BCUT2D eigenvalue weighted by molar-refractivity contribution is -0.198. The second kappa shape index (κ2) is 10.3. The van der Waals surface area contributed by atoms with E-state index in [1.54, 1.807) is 12.2 Å². The van der Waals surface area contributed by atoms with Crippen molar-refractivity contribution in [3.63, 3.8) is 0 Å². The molecule has 0 aliphatic carbocycles. The number of anilines is 1. The van der Waals surface area contributed by atoms with Gasteiger partial charge in [0.15, 0.2) is 0 Å². The molecule has 3 aliphatic rings. The van der Waals surface area contributed by atoms with Crippen molar-refractivity contribution in [3.05, 3.63) is 12.4 Å². The largest absolute Gasteiger partial charge is 0.490 e. The van der Waals surface area contributed by atoms with E-state index in [4.69, 9.17) is 24.2 Å². The number of aliphatic carboxylic acids is 1. The lowest BCUT2D eigenvalue weighted by Crippen LogP contribution is -2.37. The van der Waals surface area contributed by atoms with Crippen LogP contribution in [0.5, 0.6) is 5.88 Å². The molecule has 32 heavy (non-hydrogen) atoms. The molecule has 13 heteroatoms. The topological polar surface area (TPSA) is 114 Å². The number of rotatable bonds is 4. The van der Waals surface area contributed by atoms with Gasteiger partial charge in [-0.3, -0.25) is 9.63 Å². The first-order valence-corrected chi connectivity index (χ1v) is 10.1. The maximum atomic E-state index is 12.5. The van der Waals surface area contributed by atoms with Gasteiger partial charge in [-0.25, -0.2) is 19.8 Å². The molecule has 0 saturated carbocycles. The Morgan fingerprint density at radius 1 is 1.28 bits per heavy atom. The van der Waals surface area contributed by atoms with Gasteiger partial charge in [0.05, 0.1) is 26.4 Å². The van der Waals surface area contributed by atoms with Crippen molar-refractivity contribution >= 4 is 17.7 Å². The lowest BCUT2D eigenvalue weighted by Gasteiger charge is -2.27. The number of carboxylic acids is 1. The van der Waals surface area contributed by atoms with Crippen LogP contribution in [0.2, 0.25) is 0 Å². The molecule has 0 radical (unpaired) electrons. The number of nitrogens with zero attached hydrogens (tertiary/aromatic N) is 4. The number of ether oxygens (including phenoxy) is 2. The quantitative estimate of drug-likeness (QED) is 0.711. The molecule has 178 valence electrons. The van der Waals surface area contributed by atoms with E-state index in [2.05, 4.69) is 14.9 Å². The minimum absolute atomic E-state index is 0.0797. The minimum Gasteiger partial charge on any atom is -0.481 e. The first-order valence-electron chi connectivity index (χ1n) is 10.1. The Hall–Kier alpha value is -2.67. The number of fused-ring (bicyclic) bond motifs is 1. The van der Waals surface area contributed by atoms with Gasteiger partial charge >= 0.3 is 12.1 Å². The maximum absolute atomic E-state index is 12.5. The second-order valence-electron chi connectivity index (χ2n) is 7.66. The smallest absolute Gasteiger partial charge is 0.481 e. The van der Waals surface area contributed by atoms with E-state index < -0.39 is 12.1 Å². The average molecular weight is 462 g/mol. The summed E-state index contributed by atoms with van der Waals surface area (Å²) in [7, 11) is 1.60. The summed E-state index contributed by atoms with van der Waals surface area (Å²) in [5, 5.41) is 8.67. The Morgan fingerprint density at radius 3 is 2.66 bits per heavy atom. The Labute approximate surface area is 182 Å². The highest BCUT2D eigenvalue weighted by atomic mass is 19.4. The van der Waals surface area contributed by atoms with Gasteiger partial charge in [-0.15, -0.1) is 0 Å². The van der Waals surface area contributed by atoms with Crippen LogP contribution in [0, 0.1) is 11.8 Å². The van der Waals surface area contributed by atoms with Crippen LogP contribution in [0.4, 0.5) is 19.0 Å². The Morgan fingerprint density at radius 2 is 2.03 bits per heavy atom. The van der Waals surface area contributed by atoms with Gasteiger partial charge in [-0.1, -0.05) is 0 Å². The van der Waals surface area contributed by atoms with Crippen molar-refractivity contribution < 1.29 is 42.2 Å². The number of carbonyl (C=O) groups excluding carboxylic acids is 1. The van der Waals surface area contributed by atoms with Gasteiger partial charge in [-0.05, 0) is 18.8 Å². The van der Waals surface area contributed by atoms with Crippen molar-refractivity contribution in [1.29, 1.82) is 0 Å². The van der Waals surface area contributed by atoms with E-state index in [1.165, 1.54) is 6.33 Å². The molecule has 3 saturated heterocycles. The summed E-state index contributed by atoms with van der Waals surface area (Å²) in [6, 6.07) is 1.84. The molecule has 4 heterocycles. The molecule has 3 aliphatic heterocycles. The van der Waals surface area contributed by atoms with Crippen molar-refractivity contribution in [2.75, 3.05) is 44.9 Å². The number of methoxy groups -OCH3 is 1. The van der Waals surface area contributed by atoms with Crippen molar-refractivity contribution in [3.8, 4) is 5.88 Å². The van der Waals surface area contributed by atoms with Crippen LogP contribution in [-0.4, -0.2) is 84.3 Å². The molecule has 0 bridgehead atoms. The first-order chi connectivity index (χ1) is 15.2. The van der Waals surface area contributed by atoms with Crippen molar-refractivity contribution in [2.45, 2.75) is 31.5 Å². The summed E-state index contributed by atoms with van der Waals surface area (Å²) in [5.41, 5.74) is 0. The van der Waals surface area contributed by atoms with Crippen LogP contribution in [-0.2, 0) is 19.2 Å². The van der Waals surface area contributed by atoms with E-state index in [0.717, 1.165) is 31.7 Å². The molecule has 1 aromatic heterocycles. The number of aromatic nitrogens is 2. The first kappa shape index (κ1) is 24.0. The molecule has 3 fully saturated rings. The zero-order valence-electron chi connectivity index (χ0n) is 17.5. The van der Waals surface area contributed by atoms with Crippen molar-refractivity contribution in [2.24, 2.45) is 11.8 Å². The molecular formula is C19H25F3N4O6. The summed E-state index contributed by atoms with van der Waals surface area (Å²) in [4.78, 5) is 37.4. The highest BCUT2D eigenvalue weighted by molar-refractivity contribution is 5.75. The van der Waals surface area contributed by atoms with Crippen LogP contribution in [0.1, 0.15) is 19.3 Å². The number of carboxylic acid groups (broad SMARTS) is 1. The minimum atomic E-state index is -5.08. The third-order valence-electron chi connectivity index (χ3n) is 5.56. The number of hydrogen-bond acceptors (Lipinski definition) is 8.